The summed E-state index contributed by atoms with van der Waals surface area (Å²) in [6.07, 6.45) is 11.1. The Labute approximate surface area is 124 Å². The molecule has 0 amide bonds. The molecule has 3 heteroatoms. The van der Waals surface area contributed by atoms with Gasteiger partial charge in [0.1, 0.15) is 0 Å². The highest BCUT2D eigenvalue weighted by Crippen LogP contribution is 2.09. The van der Waals surface area contributed by atoms with E-state index in [1.807, 2.05) is 0 Å². The van der Waals surface area contributed by atoms with Crippen molar-refractivity contribution in [2.75, 3.05) is 0 Å². The number of aliphatic hydroxyl groups excluding tert-OH is 2. The molecule has 0 radical (unpaired) electrons. The number of hydrogen-bond acceptors (Lipinski definition) is 3. The molecule has 2 unspecified atom stereocenters. The molecule has 0 fully saturated rings. The standard InChI is InChI=1S/C17H32O3/c1-3-5-7-9-11-16(19)14-17(20)13-12-15(18)10-8-6-4-2/h12-13,15-16,18-19H,3-11,14H2,1-2H3/b13-12+. The summed E-state index contributed by atoms with van der Waals surface area (Å²) < 4.78 is 0. The van der Waals surface area contributed by atoms with Crippen molar-refractivity contribution < 1.29 is 15.0 Å². The molecule has 0 aliphatic rings. The SMILES string of the molecule is CCCCCCC(O)CC(=O)/C=C/C(O)CCCCC. The average molecular weight is 284 g/mol. The molecule has 0 aliphatic heterocycles. The fraction of sp³-hybridized carbons (Fsp3) is 0.824. The zero-order valence-corrected chi connectivity index (χ0v) is 13.2. The Hall–Kier alpha value is -0.670. The van der Waals surface area contributed by atoms with Gasteiger partial charge in [0, 0.05) is 6.42 Å². The van der Waals surface area contributed by atoms with Gasteiger partial charge in [-0.05, 0) is 18.9 Å². The van der Waals surface area contributed by atoms with Crippen molar-refractivity contribution in [2.24, 2.45) is 0 Å². The maximum atomic E-state index is 11.6. The van der Waals surface area contributed by atoms with Gasteiger partial charge in [0.25, 0.3) is 0 Å². The van der Waals surface area contributed by atoms with Crippen molar-refractivity contribution in [1.82, 2.24) is 0 Å². The Morgan fingerprint density at radius 1 is 0.950 bits per heavy atom. The number of carbonyl (C=O) groups is 1. The van der Waals surface area contributed by atoms with Crippen molar-refractivity contribution in [2.45, 2.75) is 90.3 Å². The van der Waals surface area contributed by atoms with E-state index in [9.17, 15) is 15.0 Å². The Bertz CT molecular complexity index is 261. The third kappa shape index (κ3) is 12.4. The summed E-state index contributed by atoms with van der Waals surface area (Å²) in [6.45, 7) is 4.27. The van der Waals surface area contributed by atoms with Gasteiger partial charge >= 0.3 is 0 Å². The topological polar surface area (TPSA) is 57.5 Å². The number of unbranched alkanes of at least 4 members (excludes halogenated alkanes) is 5. The lowest BCUT2D eigenvalue weighted by molar-refractivity contribution is -0.116. The molecule has 118 valence electrons. The second-order valence-electron chi connectivity index (χ2n) is 5.60. The highest BCUT2D eigenvalue weighted by Gasteiger charge is 2.08. The highest BCUT2D eigenvalue weighted by molar-refractivity contribution is 5.89. The van der Waals surface area contributed by atoms with E-state index in [1.165, 1.54) is 18.9 Å². The molecule has 0 aromatic carbocycles. The van der Waals surface area contributed by atoms with Crippen molar-refractivity contribution in [3.05, 3.63) is 12.2 Å². The monoisotopic (exact) mass is 284 g/mol. The van der Waals surface area contributed by atoms with Crippen molar-refractivity contribution in [3.8, 4) is 0 Å². The largest absolute Gasteiger partial charge is 0.393 e. The molecule has 0 aliphatic carbocycles. The maximum absolute atomic E-state index is 11.6. The predicted octanol–water partition coefficient (Wildman–Crippen LogP) is 3.77. The van der Waals surface area contributed by atoms with Gasteiger partial charge in [-0.25, -0.2) is 0 Å². The molecule has 0 saturated carbocycles. The van der Waals surface area contributed by atoms with Gasteiger partial charge in [-0.3, -0.25) is 4.79 Å². The van der Waals surface area contributed by atoms with E-state index in [0.29, 0.717) is 12.8 Å². The third-order valence-electron chi connectivity index (χ3n) is 3.44. The lowest BCUT2D eigenvalue weighted by atomic mass is 10.0. The van der Waals surface area contributed by atoms with Gasteiger partial charge in [-0.15, -0.1) is 0 Å². The zero-order chi connectivity index (χ0) is 15.2. The normalized spacial score (nSPS) is 14.6. The molecule has 2 atom stereocenters. The Kier molecular flexibility index (Phi) is 12.9. The van der Waals surface area contributed by atoms with Crippen molar-refractivity contribution in [1.29, 1.82) is 0 Å². The minimum Gasteiger partial charge on any atom is -0.393 e. The van der Waals surface area contributed by atoms with Crippen LogP contribution < -0.4 is 0 Å². The molecule has 0 aromatic rings. The lowest BCUT2D eigenvalue weighted by Gasteiger charge is -2.08. The number of hydrogen-bond donors (Lipinski definition) is 2. The van der Waals surface area contributed by atoms with Crippen LogP contribution in [-0.2, 0) is 4.79 Å². The van der Waals surface area contributed by atoms with Crippen LogP contribution in [-0.4, -0.2) is 28.2 Å². The first-order valence-electron chi connectivity index (χ1n) is 8.17. The molecule has 20 heavy (non-hydrogen) atoms. The van der Waals surface area contributed by atoms with E-state index >= 15 is 0 Å². The molecule has 0 spiro atoms. The quantitative estimate of drug-likeness (QED) is 0.400. The summed E-state index contributed by atoms with van der Waals surface area (Å²) in [7, 11) is 0. The molecule has 2 N–H and O–H groups in total. The van der Waals surface area contributed by atoms with E-state index in [2.05, 4.69) is 13.8 Å². The van der Waals surface area contributed by atoms with E-state index in [1.54, 1.807) is 6.08 Å². The molecule has 3 nitrogen and oxygen atoms in total. The third-order valence-corrected chi connectivity index (χ3v) is 3.44. The van der Waals surface area contributed by atoms with Crippen LogP contribution in [0.2, 0.25) is 0 Å². The van der Waals surface area contributed by atoms with E-state index in [-0.39, 0.29) is 12.2 Å². The van der Waals surface area contributed by atoms with Gasteiger partial charge in [-0.1, -0.05) is 64.9 Å². The highest BCUT2D eigenvalue weighted by atomic mass is 16.3. The molecule has 0 aromatic heterocycles. The molecule has 0 heterocycles. The minimum absolute atomic E-state index is 0.0949. The van der Waals surface area contributed by atoms with Crippen LogP contribution in [0.4, 0.5) is 0 Å². The predicted molar refractivity (Wildman–Crippen MR) is 83.7 cm³/mol. The summed E-state index contributed by atoms with van der Waals surface area (Å²) in [4.78, 5) is 11.6. The fourth-order valence-electron chi connectivity index (χ4n) is 2.13. The summed E-state index contributed by atoms with van der Waals surface area (Å²) in [5, 5.41) is 19.4. The van der Waals surface area contributed by atoms with Crippen LogP contribution in [0.3, 0.4) is 0 Å². The van der Waals surface area contributed by atoms with E-state index in [4.69, 9.17) is 0 Å². The van der Waals surface area contributed by atoms with Gasteiger partial charge in [0.2, 0.25) is 0 Å². The van der Waals surface area contributed by atoms with Crippen LogP contribution in [0.15, 0.2) is 12.2 Å². The Morgan fingerprint density at radius 3 is 2.20 bits per heavy atom. The van der Waals surface area contributed by atoms with Crippen LogP contribution >= 0.6 is 0 Å². The van der Waals surface area contributed by atoms with Crippen LogP contribution in [0, 0.1) is 0 Å². The second kappa shape index (κ2) is 13.3. The zero-order valence-electron chi connectivity index (χ0n) is 13.2. The minimum atomic E-state index is -0.541. The van der Waals surface area contributed by atoms with Gasteiger partial charge in [0.15, 0.2) is 5.78 Å². The number of carbonyl (C=O) groups excluding carboxylic acids is 1. The molecule has 0 bridgehead atoms. The fourth-order valence-corrected chi connectivity index (χ4v) is 2.13. The lowest BCUT2D eigenvalue weighted by Crippen LogP contribution is -2.12. The molecule has 0 rings (SSSR count). The van der Waals surface area contributed by atoms with Crippen LogP contribution in [0.5, 0.6) is 0 Å². The van der Waals surface area contributed by atoms with Crippen LogP contribution in [0.1, 0.15) is 78.1 Å². The van der Waals surface area contributed by atoms with E-state index < -0.39 is 12.2 Å². The molecular formula is C17H32O3. The summed E-state index contributed by atoms with van der Waals surface area (Å²) in [5.41, 5.74) is 0. The summed E-state index contributed by atoms with van der Waals surface area (Å²) in [6, 6.07) is 0. The van der Waals surface area contributed by atoms with Gasteiger partial charge in [0.05, 0.1) is 12.2 Å². The maximum Gasteiger partial charge on any atom is 0.158 e. The van der Waals surface area contributed by atoms with Crippen molar-refractivity contribution >= 4 is 5.78 Å². The number of aliphatic hydroxyl groups is 2. The first-order chi connectivity index (χ1) is 9.60. The average Bonchev–Trinajstić information content (AvgIpc) is 2.42. The number of ketones is 1. The second-order valence-corrected chi connectivity index (χ2v) is 5.60. The number of allylic oxidation sites excluding steroid dienone is 1. The van der Waals surface area contributed by atoms with Gasteiger partial charge < -0.3 is 10.2 Å². The first-order valence-corrected chi connectivity index (χ1v) is 8.17. The summed E-state index contributed by atoms with van der Waals surface area (Å²) >= 11 is 0. The first kappa shape index (κ1) is 19.3. The molecule has 0 saturated heterocycles. The van der Waals surface area contributed by atoms with Crippen molar-refractivity contribution in [3.63, 3.8) is 0 Å². The molecular weight excluding hydrogens is 252 g/mol. The smallest absolute Gasteiger partial charge is 0.158 e. The Morgan fingerprint density at radius 2 is 1.55 bits per heavy atom. The van der Waals surface area contributed by atoms with Gasteiger partial charge in [-0.2, -0.15) is 0 Å². The number of rotatable bonds is 13. The van der Waals surface area contributed by atoms with E-state index in [0.717, 1.165) is 32.1 Å². The summed E-state index contributed by atoms with van der Waals surface area (Å²) in [5.74, 6) is -0.0949. The van der Waals surface area contributed by atoms with Crippen LogP contribution in [0.25, 0.3) is 0 Å². The Balaban J connectivity index is 3.73.